The minimum absolute atomic E-state index is 0.178. The largest absolute Gasteiger partial charge is 0.313 e. The summed E-state index contributed by atoms with van der Waals surface area (Å²) in [5.74, 6) is -1.16. The van der Waals surface area contributed by atoms with Crippen molar-refractivity contribution in [3.63, 3.8) is 0 Å². The van der Waals surface area contributed by atoms with Crippen LogP contribution in [0.1, 0.15) is 10.5 Å². The first-order chi connectivity index (χ1) is 10.1. The minimum atomic E-state index is -1.05. The summed E-state index contributed by atoms with van der Waals surface area (Å²) in [6, 6.07) is 12.8. The maximum Gasteiger partial charge on any atom is 0.294 e. The molecule has 1 aromatic carbocycles. The van der Waals surface area contributed by atoms with E-state index in [0.29, 0.717) is 11.1 Å². The lowest BCUT2D eigenvalue weighted by molar-refractivity contribution is -0.108. The first-order valence-electron chi connectivity index (χ1n) is 6.18. The molecule has 0 radical (unpaired) electrons. The van der Waals surface area contributed by atoms with Gasteiger partial charge in [-0.25, -0.2) is 4.39 Å². The van der Waals surface area contributed by atoms with Gasteiger partial charge in [0.05, 0.1) is 0 Å². The normalized spacial score (nSPS) is 10.8. The van der Waals surface area contributed by atoms with Gasteiger partial charge in [-0.05, 0) is 47.5 Å². The van der Waals surface area contributed by atoms with E-state index in [1.807, 2.05) is 12.1 Å². The Hall–Kier alpha value is -2.46. The SMILES string of the molecule is O=C(Cl)C(=O)c1c(-c2ccc(F)cc2)cc2ccccn12. The summed E-state index contributed by atoms with van der Waals surface area (Å²) >= 11 is 5.34. The third kappa shape index (κ3) is 2.34. The van der Waals surface area contributed by atoms with E-state index in [-0.39, 0.29) is 11.5 Å². The van der Waals surface area contributed by atoms with Crippen LogP contribution in [-0.2, 0) is 4.79 Å². The van der Waals surface area contributed by atoms with Crippen LogP contribution in [0.5, 0.6) is 0 Å². The van der Waals surface area contributed by atoms with Crippen LogP contribution in [0.25, 0.3) is 16.6 Å². The summed E-state index contributed by atoms with van der Waals surface area (Å²) in [5.41, 5.74) is 2.11. The number of hydrogen-bond donors (Lipinski definition) is 0. The topological polar surface area (TPSA) is 38.5 Å². The summed E-state index contributed by atoms with van der Waals surface area (Å²) < 4.78 is 14.6. The number of pyridine rings is 1. The third-order valence-corrected chi connectivity index (χ3v) is 3.40. The average Bonchev–Trinajstić information content (AvgIpc) is 2.86. The molecule has 21 heavy (non-hydrogen) atoms. The second-order valence-corrected chi connectivity index (χ2v) is 4.86. The van der Waals surface area contributed by atoms with Crippen molar-refractivity contribution < 1.29 is 14.0 Å². The summed E-state index contributed by atoms with van der Waals surface area (Å²) in [5, 5.41) is -1.05. The highest BCUT2D eigenvalue weighted by atomic mass is 35.5. The Morgan fingerprint density at radius 1 is 1.05 bits per heavy atom. The number of carbonyl (C=O) groups excluding carboxylic acids is 2. The summed E-state index contributed by atoms with van der Waals surface area (Å²) in [4.78, 5) is 23.4. The zero-order valence-corrected chi connectivity index (χ0v) is 11.5. The Morgan fingerprint density at radius 2 is 1.76 bits per heavy atom. The van der Waals surface area contributed by atoms with Gasteiger partial charge >= 0.3 is 0 Å². The highest BCUT2D eigenvalue weighted by molar-refractivity contribution is 6.83. The minimum Gasteiger partial charge on any atom is -0.313 e. The Bertz CT molecular complexity index is 852. The fourth-order valence-electron chi connectivity index (χ4n) is 2.30. The lowest BCUT2D eigenvalue weighted by Gasteiger charge is -2.03. The van der Waals surface area contributed by atoms with Crippen molar-refractivity contribution in [2.45, 2.75) is 0 Å². The Morgan fingerprint density at radius 3 is 2.43 bits per heavy atom. The van der Waals surface area contributed by atoms with Gasteiger partial charge in [-0.1, -0.05) is 18.2 Å². The van der Waals surface area contributed by atoms with Gasteiger partial charge < -0.3 is 4.40 Å². The molecule has 3 nitrogen and oxygen atoms in total. The van der Waals surface area contributed by atoms with Crippen molar-refractivity contribution >= 4 is 28.1 Å². The van der Waals surface area contributed by atoms with Crippen LogP contribution in [0, 0.1) is 5.82 Å². The number of aromatic nitrogens is 1. The standard InChI is InChI=1S/C16H9ClFNO2/c17-16(21)15(20)14-13(10-4-6-11(18)7-5-10)9-12-3-1-2-8-19(12)14/h1-9H. The van der Waals surface area contributed by atoms with E-state index in [1.165, 1.54) is 12.1 Å². The fraction of sp³-hybridized carbons (Fsp3) is 0. The molecule has 5 heteroatoms. The number of ketones is 1. The van der Waals surface area contributed by atoms with E-state index in [4.69, 9.17) is 11.6 Å². The van der Waals surface area contributed by atoms with E-state index in [1.54, 1.807) is 34.9 Å². The number of hydrogen-bond acceptors (Lipinski definition) is 2. The molecule has 0 amide bonds. The molecular weight excluding hydrogens is 293 g/mol. The molecule has 0 spiro atoms. The molecule has 0 saturated carbocycles. The van der Waals surface area contributed by atoms with E-state index in [9.17, 15) is 14.0 Å². The van der Waals surface area contributed by atoms with Crippen LogP contribution in [0.15, 0.2) is 54.7 Å². The Labute approximate surface area is 124 Å². The molecule has 0 aliphatic heterocycles. The molecule has 104 valence electrons. The van der Waals surface area contributed by atoms with Crippen molar-refractivity contribution in [3.05, 3.63) is 66.2 Å². The van der Waals surface area contributed by atoms with Crippen LogP contribution < -0.4 is 0 Å². The van der Waals surface area contributed by atoms with Gasteiger partial charge in [0.1, 0.15) is 11.5 Å². The molecule has 3 rings (SSSR count). The quantitative estimate of drug-likeness (QED) is 0.420. The molecule has 0 unspecified atom stereocenters. The number of nitrogens with zero attached hydrogens (tertiary/aromatic N) is 1. The molecular formula is C16H9ClFNO2. The summed E-state index contributed by atoms with van der Waals surface area (Å²) in [6.07, 6.45) is 1.68. The number of carbonyl (C=O) groups is 2. The van der Waals surface area contributed by atoms with Crippen molar-refractivity contribution in [2.75, 3.05) is 0 Å². The lowest BCUT2D eigenvalue weighted by atomic mass is 10.0. The number of benzene rings is 1. The molecule has 0 saturated heterocycles. The average molecular weight is 302 g/mol. The van der Waals surface area contributed by atoms with Gasteiger partial charge in [-0.2, -0.15) is 0 Å². The monoisotopic (exact) mass is 301 g/mol. The molecule has 0 bridgehead atoms. The predicted molar refractivity (Wildman–Crippen MR) is 78.0 cm³/mol. The van der Waals surface area contributed by atoms with Crippen molar-refractivity contribution in [1.82, 2.24) is 4.40 Å². The highest BCUT2D eigenvalue weighted by Gasteiger charge is 2.23. The lowest BCUT2D eigenvalue weighted by Crippen LogP contribution is -2.11. The Balaban J connectivity index is 2.31. The molecule has 2 aromatic heterocycles. The van der Waals surface area contributed by atoms with Crippen molar-refractivity contribution in [2.24, 2.45) is 0 Å². The van der Waals surface area contributed by atoms with Crippen LogP contribution in [-0.4, -0.2) is 15.4 Å². The van der Waals surface area contributed by atoms with Gasteiger partial charge in [0, 0.05) is 17.3 Å². The second kappa shape index (κ2) is 5.14. The number of fused-ring (bicyclic) bond motifs is 1. The Kier molecular flexibility index (Phi) is 3.31. The molecule has 0 atom stereocenters. The van der Waals surface area contributed by atoms with E-state index in [0.717, 1.165) is 5.52 Å². The molecule has 0 fully saturated rings. The van der Waals surface area contributed by atoms with Crippen LogP contribution in [0.4, 0.5) is 4.39 Å². The van der Waals surface area contributed by atoms with Crippen LogP contribution in [0.3, 0.4) is 0 Å². The maximum absolute atomic E-state index is 13.0. The third-order valence-electron chi connectivity index (χ3n) is 3.23. The van der Waals surface area contributed by atoms with Crippen LogP contribution >= 0.6 is 11.6 Å². The van der Waals surface area contributed by atoms with Gasteiger partial charge in [0.25, 0.3) is 11.0 Å². The molecule has 0 N–H and O–H groups in total. The fourth-order valence-corrected chi connectivity index (χ4v) is 2.39. The zero-order chi connectivity index (χ0) is 15.0. The van der Waals surface area contributed by atoms with E-state index >= 15 is 0 Å². The summed E-state index contributed by atoms with van der Waals surface area (Å²) in [6.45, 7) is 0. The first kappa shape index (κ1) is 13.5. The van der Waals surface area contributed by atoms with Gasteiger partial charge in [-0.15, -0.1) is 0 Å². The molecule has 2 heterocycles. The van der Waals surface area contributed by atoms with Crippen LogP contribution in [0.2, 0.25) is 0 Å². The molecule has 0 aliphatic carbocycles. The second-order valence-electron chi connectivity index (χ2n) is 4.51. The van der Waals surface area contributed by atoms with E-state index in [2.05, 4.69) is 0 Å². The van der Waals surface area contributed by atoms with Gasteiger partial charge in [0.2, 0.25) is 0 Å². The number of rotatable bonds is 3. The van der Waals surface area contributed by atoms with Crippen molar-refractivity contribution in [3.8, 4) is 11.1 Å². The summed E-state index contributed by atoms with van der Waals surface area (Å²) in [7, 11) is 0. The molecule has 3 aromatic rings. The van der Waals surface area contributed by atoms with Gasteiger partial charge in [-0.3, -0.25) is 9.59 Å². The van der Waals surface area contributed by atoms with Crippen molar-refractivity contribution in [1.29, 1.82) is 0 Å². The maximum atomic E-state index is 13.0. The first-order valence-corrected chi connectivity index (χ1v) is 6.56. The van der Waals surface area contributed by atoms with Gasteiger partial charge in [0.15, 0.2) is 0 Å². The van der Waals surface area contributed by atoms with E-state index < -0.39 is 11.0 Å². The number of Topliss-reactive ketones (excluding diaryl/α,β-unsaturated/α-hetero) is 1. The highest BCUT2D eigenvalue weighted by Crippen LogP contribution is 2.28. The molecule has 0 aliphatic rings. The number of halogens is 2. The smallest absolute Gasteiger partial charge is 0.294 e. The predicted octanol–water partition coefficient (Wildman–Crippen LogP) is 3.69. The zero-order valence-electron chi connectivity index (χ0n) is 10.7.